The van der Waals surface area contributed by atoms with Crippen LogP contribution in [-0.4, -0.2) is 24.7 Å². The number of esters is 1. The molecular weight excluding hydrogens is 240 g/mol. The van der Waals surface area contributed by atoms with Gasteiger partial charge in [0.05, 0.1) is 7.11 Å². The number of carbonyl (C=O) groups excluding carboxylic acids is 1. The van der Waals surface area contributed by atoms with Crippen molar-refractivity contribution in [1.82, 2.24) is 9.88 Å². The topological polar surface area (TPSA) is 43.3 Å². The summed E-state index contributed by atoms with van der Waals surface area (Å²) >= 11 is 0. The lowest BCUT2D eigenvalue weighted by molar-refractivity contribution is -0.140. The molecule has 0 aliphatic rings. The van der Waals surface area contributed by atoms with Crippen molar-refractivity contribution in [3.05, 3.63) is 36.0 Å². The Balaban J connectivity index is 2.12. The van der Waals surface area contributed by atoms with E-state index in [1.54, 1.807) is 0 Å². The van der Waals surface area contributed by atoms with Gasteiger partial charge < -0.3 is 14.6 Å². The van der Waals surface area contributed by atoms with Crippen LogP contribution in [0.4, 0.5) is 0 Å². The molecule has 0 atom stereocenters. The first-order valence-corrected chi connectivity index (χ1v) is 6.54. The molecule has 1 N–H and O–H groups in total. The van der Waals surface area contributed by atoms with Crippen molar-refractivity contribution in [1.29, 1.82) is 0 Å². The number of aromatic nitrogens is 1. The lowest BCUT2D eigenvalue weighted by Gasteiger charge is -2.07. The summed E-state index contributed by atoms with van der Waals surface area (Å²) in [5.41, 5.74) is 2.52. The molecule has 0 saturated carbocycles. The Morgan fingerprint density at radius 1 is 1.37 bits per heavy atom. The van der Waals surface area contributed by atoms with Crippen LogP contribution in [0.5, 0.6) is 0 Å². The normalized spacial score (nSPS) is 10.8. The highest BCUT2D eigenvalue weighted by atomic mass is 16.5. The second-order valence-corrected chi connectivity index (χ2v) is 4.57. The van der Waals surface area contributed by atoms with E-state index in [2.05, 4.69) is 45.1 Å². The van der Waals surface area contributed by atoms with Gasteiger partial charge in [-0.25, -0.2) is 0 Å². The number of benzene rings is 1. The summed E-state index contributed by atoms with van der Waals surface area (Å²) in [5.74, 6) is -0.146. The number of ether oxygens (including phenoxy) is 1. The first kappa shape index (κ1) is 13.6. The van der Waals surface area contributed by atoms with Gasteiger partial charge in [-0.2, -0.15) is 0 Å². The predicted octanol–water partition coefficient (Wildman–Crippen LogP) is 2.31. The van der Waals surface area contributed by atoms with E-state index in [0.29, 0.717) is 6.42 Å². The van der Waals surface area contributed by atoms with Gasteiger partial charge in [0.1, 0.15) is 0 Å². The Labute approximate surface area is 113 Å². The number of nitrogens with one attached hydrogen (secondary N) is 1. The average molecular weight is 260 g/mol. The lowest BCUT2D eigenvalue weighted by Crippen LogP contribution is -2.05. The van der Waals surface area contributed by atoms with Crippen molar-refractivity contribution in [2.24, 2.45) is 0 Å². The second kappa shape index (κ2) is 6.38. The van der Waals surface area contributed by atoms with Crippen molar-refractivity contribution in [2.75, 3.05) is 14.2 Å². The van der Waals surface area contributed by atoms with Crippen LogP contribution in [-0.2, 0) is 22.6 Å². The third-order valence-corrected chi connectivity index (χ3v) is 3.28. The number of methoxy groups -OCH3 is 1. The van der Waals surface area contributed by atoms with Gasteiger partial charge in [-0.15, -0.1) is 0 Å². The van der Waals surface area contributed by atoms with Crippen LogP contribution in [0.2, 0.25) is 0 Å². The SMILES string of the molecule is CNCc1cccc2c1ccn2CCCC(=O)OC. The van der Waals surface area contributed by atoms with Gasteiger partial charge >= 0.3 is 5.97 Å². The fourth-order valence-corrected chi connectivity index (χ4v) is 2.32. The van der Waals surface area contributed by atoms with Crippen molar-refractivity contribution in [3.8, 4) is 0 Å². The Morgan fingerprint density at radius 2 is 2.21 bits per heavy atom. The minimum Gasteiger partial charge on any atom is -0.469 e. The Hall–Kier alpha value is -1.81. The highest BCUT2D eigenvalue weighted by Gasteiger charge is 2.06. The van der Waals surface area contributed by atoms with Gasteiger partial charge in [0.25, 0.3) is 0 Å². The van der Waals surface area contributed by atoms with Gasteiger partial charge in [-0.3, -0.25) is 4.79 Å². The molecule has 1 heterocycles. The fourth-order valence-electron chi connectivity index (χ4n) is 2.32. The summed E-state index contributed by atoms with van der Waals surface area (Å²) < 4.78 is 6.84. The molecule has 2 rings (SSSR count). The van der Waals surface area contributed by atoms with Crippen LogP contribution in [0, 0.1) is 0 Å². The van der Waals surface area contributed by atoms with Gasteiger partial charge in [0.2, 0.25) is 0 Å². The number of fused-ring (bicyclic) bond motifs is 1. The molecule has 0 aliphatic carbocycles. The quantitative estimate of drug-likeness (QED) is 0.811. The number of nitrogens with zero attached hydrogens (tertiary/aromatic N) is 1. The second-order valence-electron chi connectivity index (χ2n) is 4.57. The highest BCUT2D eigenvalue weighted by Crippen LogP contribution is 2.20. The van der Waals surface area contributed by atoms with E-state index >= 15 is 0 Å². The van der Waals surface area contributed by atoms with Crippen molar-refractivity contribution >= 4 is 16.9 Å². The van der Waals surface area contributed by atoms with E-state index in [0.717, 1.165) is 19.5 Å². The molecule has 102 valence electrons. The van der Waals surface area contributed by atoms with Crippen LogP contribution < -0.4 is 5.32 Å². The number of aryl methyl sites for hydroxylation is 1. The van der Waals surface area contributed by atoms with Gasteiger partial charge in [-0.05, 0) is 31.2 Å². The molecule has 0 bridgehead atoms. The van der Waals surface area contributed by atoms with Crippen LogP contribution >= 0.6 is 0 Å². The Kier molecular flexibility index (Phi) is 4.58. The largest absolute Gasteiger partial charge is 0.469 e. The van der Waals surface area contributed by atoms with Gasteiger partial charge in [-0.1, -0.05) is 12.1 Å². The molecule has 0 radical (unpaired) electrons. The molecule has 19 heavy (non-hydrogen) atoms. The molecule has 0 unspecified atom stereocenters. The minimum absolute atomic E-state index is 0.146. The van der Waals surface area contributed by atoms with Gasteiger partial charge in [0.15, 0.2) is 0 Å². The maximum absolute atomic E-state index is 11.1. The summed E-state index contributed by atoms with van der Waals surface area (Å²) in [4.78, 5) is 11.1. The molecule has 4 nitrogen and oxygen atoms in total. The monoisotopic (exact) mass is 260 g/mol. The molecule has 0 amide bonds. The minimum atomic E-state index is -0.146. The van der Waals surface area contributed by atoms with Crippen LogP contribution in [0.15, 0.2) is 30.5 Å². The Morgan fingerprint density at radius 3 is 2.95 bits per heavy atom. The standard InChI is InChI=1S/C15H20N2O2/c1-16-11-12-5-3-6-14-13(12)8-10-17(14)9-4-7-15(18)19-2/h3,5-6,8,10,16H,4,7,9,11H2,1-2H3. The van der Waals surface area contributed by atoms with Crippen molar-refractivity contribution < 1.29 is 9.53 Å². The third-order valence-electron chi connectivity index (χ3n) is 3.28. The molecule has 0 saturated heterocycles. The smallest absolute Gasteiger partial charge is 0.305 e. The summed E-state index contributed by atoms with van der Waals surface area (Å²) in [6.45, 7) is 1.70. The number of hydrogen-bond acceptors (Lipinski definition) is 3. The van der Waals surface area contributed by atoms with E-state index in [-0.39, 0.29) is 5.97 Å². The molecule has 2 aromatic rings. The van der Waals surface area contributed by atoms with E-state index in [1.165, 1.54) is 23.6 Å². The maximum atomic E-state index is 11.1. The molecule has 4 heteroatoms. The van der Waals surface area contributed by atoms with E-state index in [4.69, 9.17) is 0 Å². The zero-order valence-electron chi connectivity index (χ0n) is 11.5. The van der Waals surface area contributed by atoms with E-state index < -0.39 is 0 Å². The molecule has 1 aromatic heterocycles. The summed E-state index contributed by atoms with van der Waals surface area (Å²) in [6.07, 6.45) is 3.35. The lowest BCUT2D eigenvalue weighted by atomic mass is 10.1. The third kappa shape index (κ3) is 3.15. The first-order valence-electron chi connectivity index (χ1n) is 6.54. The predicted molar refractivity (Wildman–Crippen MR) is 76.0 cm³/mol. The molecular formula is C15H20N2O2. The average Bonchev–Trinajstić information content (AvgIpc) is 2.83. The van der Waals surface area contributed by atoms with Crippen LogP contribution in [0.1, 0.15) is 18.4 Å². The van der Waals surface area contributed by atoms with E-state index in [1.807, 2.05) is 7.05 Å². The van der Waals surface area contributed by atoms with E-state index in [9.17, 15) is 4.79 Å². The summed E-state index contributed by atoms with van der Waals surface area (Å²) in [5, 5.41) is 4.45. The molecule has 0 spiro atoms. The fraction of sp³-hybridized carbons (Fsp3) is 0.400. The van der Waals surface area contributed by atoms with Crippen molar-refractivity contribution in [3.63, 3.8) is 0 Å². The molecule has 0 aliphatic heterocycles. The van der Waals surface area contributed by atoms with Gasteiger partial charge in [0, 0.05) is 36.6 Å². The number of rotatable bonds is 6. The van der Waals surface area contributed by atoms with Crippen LogP contribution in [0.25, 0.3) is 10.9 Å². The molecule has 0 fully saturated rings. The first-order chi connectivity index (χ1) is 9.26. The highest BCUT2D eigenvalue weighted by molar-refractivity contribution is 5.83. The van der Waals surface area contributed by atoms with Crippen molar-refractivity contribution in [2.45, 2.75) is 25.9 Å². The summed E-state index contributed by atoms with van der Waals surface area (Å²) in [7, 11) is 3.38. The summed E-state index contributed by atoms with van der Waals surface area (Å²) in [6, 6.07) is 8.47. The van der Waals surface area contributed by atoms with Crippen LogP contribution in [0.3, 0.4) is 0 Å². The zero-order chi connectivity index (χ0) is 13.7. The number of carbonyl (C=O) groups is 1. The maximum Gasteiger partial charge on any atom is 0.305 e. The zero-order valence-corrected chi connectivity index (χ0v) is 11.5. The number of hydrogen-bond donors (Lipinski definition) is 1. The Bertz CT molecular complexity index is 560. The molecule has 1 aromatic carbocycles.